The van der Waals surface area contributed by atoms with Gasteiger partial charge in [-0.25, -0.2) is 0 Å². The summed E-state index contributed by atoms with van der Waals surface area (Å²) in [5, 5.41) is 0. The van der Waals surface area contributed by atoms with Crippen LogP contribution in [-0.4, -0.2) is 16.4 Å². The van der Waals surface area contributed by atoms with Gasteiger partial charge in [0.05, 0.1) is 6.61 Å². The van der Waals surface area contributed by atoms with Crippen LogP contribution < -0.4 is 0 Å². The van der Waals surface area contributed by atoms with Crippen LogP contribution in [0.4, 0.5) is 0 Å². The monoisotopic (exact) mass is 154 g/mol. The van der Waals surface area contributed by atoms with Gasteiger partial charge in [-0.3, -0.25) is 0 Å². The molecule has 0 fully saturated rings. The van der Waals surface area contributed by atoms with Crippen LogP contribution in [-0.2, 0) is 4.43 Å². The first kappa shape index (κ1) is 9.40. The van der Waals surface area contributed by atoms with Gasteiger partial charge in [-0.05, 0) is 6.92 Å². The first-order valence-corrected chi connectivity index (χ1v) is 4.66. The number of hydrogen-bond acceptors (Lipinski definition) is 1. The van der Waals surface area contributed by atoms with Crippen molar-refractivity contribution in [3.8, 4) is 0 Å². The lowest BCUT2D eigenvalue weighted by Gasteiger charge is -1.97. The Balaban J connectivity index is 3.12. The zero-order valence-electron chi connectivity index (χ0n) is 6.47. The van der Waals surface area contributed by atoms with E-state index in [-0.39, 0.29) is 0 Å². The van der Waals surface area contributed by atoms with Gasteiger partial charge >= 0.3 is 0 Å². The van der Waals surface area contributed by atoms with Crippen molar-refractivity contribution in [1.82, 2.24) is 0 Å². The summed E-state index contributed by atoms with van der Waals surface area (Å²) in [4.78, 5) is 0. The Bertz CT molecular complexity index is 138. The quantitative estimate of drug-likeness (QED) is 0.251. The van der Waals surface area contributed by atoms with Crippen LogP contribution in [0.3, 0.4) is 0 Å². The molecule has 0 aliphatic rings. The molecule has 0 aromatic heterocycles. The predicted octanol–water partition coefficient (Wildman–Crippen LogP) is 1.36. The van der Waals surface area contributed by atoms with E-state index >= 15 is 0 Å². The average molecular weight is 154 g/mol. The molecule has 0 N–H and O–H groups in total. The van der Waals surface area contributed by atoms with Crippen LogP contribution in [0.1, 0.15) is 6.92 Å². The SMILES string of the molecule is C=CC=C[SiH2]OCC(=C)C. The molecule has 0 aromatic carbocycles. The van der Waals surface area contributed by atoms with Crippen molar-refractivity contribution >= 4 is 9.76 Å². The van der Waals surface area contributed by atoms with Crippen LogP contribution in [0.15, 0.2) is 36.6 Å². The molecule has 0 bridgehead atoms. The molecule has 56 valence electrons. The van der Waals surface area contributed by atoms with Crippen molar-refractivity contribution in [2.75, 3.05) is 6.61 Å². The van der Waals surface area contributed by atoms with Crippen LogP contribution in [0.25, 0.3) is 0 Å². The van der Waals surface area contributed by atoms with E-state index in [0.29, 0.717) is 6.61 Å². The van der Waals surface area contributed by atoms with Crippen LogP contribution in [0.2, 0.25) is 0 Å². The first-order chi connectivity index (χ1) is 4.77. The summed E-state index contributed by atoms with van der Waals surface area (Å²) < 4.78 is 5.30. The lowest BCUT2D eigenvalue weighted by molar-refractivity contribution is 0.380. The minimum atomic E-state index is -0.455. The third-order valence-electron chi connectivity index (χ3n) is 0.835. The van der Waals surface area contributed by atoms with Gasteiger partial charge in [-0.1, -0.05) is 36.6 Å². The molecule has 0 atom stereocenters. The van der Waals surface area contributed by atoms with Crippen LogP contribution in [0.5, 0.6) is 0 Å². The Kier molecular flexibility index (Phi) is 6.12. The van der Waals surface area contributed by atoms with Crippen LogP contribution >= 0.6 is 0 Å². The summed E-state index contributed by atoms with van der Waals surface area (Å²) in [6.07, 6.45) is 3.68. The third-order valence-corrected chi connectivity index (χ3v) is 1.74. The molecule has 0 heterocycles. The second-order valence-corrected chi connectivity index (χ2v) is 3.35. The van der Waals surface area contributed by atoms with E-state index in [1.165, 1.54) is 0 Å². The van der Waals surface area contributed by atoms with Crippen molar-refractivity contribution in [3.05, 3.63) is 36.6 Å². The van der Waals surface area contributed by atoms with E-state index in [0.717, 1.165) is 5.57 Å². The summed E-state index contributed by atoms with van der Waals surface area (Å²) in [6, 6.07) is 0. The number of hydrogen-bond donors (Lipinski definition) is 0. The lowest BCUT2D eigenvalue weighted by Crippen LogP contribution is -1.97. The number of allylic oxidation sites excluding steroid dienone is 2. The molecule has 0 radical (unpaired) electrons. The van der Waals surface area contributed by atoms with Gasteiger partial charge in [0.25, 0.3) is 0 Å². The van der Waals surface area contributed by atoms with E-state index in [9.17, 15) is 0 Å². The summed E-state index contributed by atoms with van der Waals surface area (Å²) in [5.41, 5.74) is 3.13. The Morgan fingerprint density at radius 2 is 2.40 bits per heavy atom. The highest BCUT2D eigenvalue weighted by molar-refractivity contribution is 6.34. The van der Waals surface area contributed by atoms with E-state index < -0.39 is 9.76 Å². The van der Waals surface area contributed by atoms with Gasteiger partial charge < -0.3 is 4.43 Å². The van der Waals surface area contributed by atoms with Gasteiger partial charge in [-0.2, -0.15) is 0 Å². The topological polar surface area (TPSA) is 9.23 Å². The standard InChI is InChI=1S/C8H14OSi/c1-4-5-6-10-9-7-8(2)3/h4-6H,1-2,7,10H2,3H3. The molecule has 0 aliphatic heterocycles. The molecule has 0 saturated carbocycles. The zero-order valence-corrected chi connectivity index (χ0v) is 7.88. The third kappa shape index (κ3) is 7.40. The van der Waals surface area contributed by atoms with Crippen molar-refractivity contribution < 1.29 is 4.43 Å². The van der Waals surface area contributed by atoms with E-state index in [4.69, 9.17) is 4.43 Å². The van der Waals surface area contributed by atoms with Crippen molar-refractivity contribution in [1.29, 1.82) is 0 Å². The summed E-state index contributed by atoms with van der Waals surface area (Å²) in [7, 11) is -0.455. The van der Waals surface area contributed by atoms with Gasteiger partial charge in [0.2, 0.25) is 0 Å². The first-order valence-electron chi connectivity index (χ1n) is 3.27. The molecular formula is C8H14OSi. The van der Waals surface area contributed by atoms with E-state index in [2.05, 4.69) is 18.9 Å². The second-order valence-electron chi connectivity index (χ2n) is 2.14. The summed E-state index contributed by atoms with van der Waals surface area (Å²) in [5.74, 6) is 0. The Hall–Kier alpha value is -0.603. The lowest BCUT2D eigenvalue weighted by atomic mass is 10.4. The van der Waals surface area contributed by atoms with E-state index in [1.54, 1.807) is 6.08 Å². The maximum absolute atomic E-state index is 5.30. The van der Waals surface area contributed by atoms with Gasteiger partial charge in [0.1, 0.15) is 0 Å². The maximum Gasteiger partial charge on any atom is 0.185 e. The molecule has 0 aromatic rings. The molecule has 2 heteroatoms. The van der Waals surface area contributed by atoms with Crippen molar-refractivity contribution in [3.63, 3.8) is 0 Å². The number of rotatable bonds is 5. The Morgan fingerprint density at radius 3 is 2.90 bits per heavy atom. The fourth-order valence-corrected chi connectivity index (χ4v) is 1.36. The fourth-order valence-electron chi connectivity index (χ4n) is 0.453. The van der Waals surface area contributed by atoms with E-state index in [1.807, 2.05) is 13.0 Å². The molecule has 0 amide bonds. The highest BCUT2D eigenvalue weighted by Gasteiger charge is 1.82. The van der Waals surface area contributed by atoms with Gasteiger partial charge in [0, 0.05) is 0 Å². The normalized spacial score (nSPS) is 11.3. The van der Waals surface area contributed by atoms with Crippen molar-refractivity contribution in [2.45, 2.75) is 6.92 Å². The maximum atomic E-state index is 5.30. The Labute approximate surface area is 65.0 Å². The minimum absolute atomic E-state index is 0.455. The second kappa shape index (κ2) is 6.52. The largest absolute Gasteiger partial charge is 0.415 e. The molecule has 0 unspecified atom stereocenters. The molecule has 0 spiro atoms. The molecule has 0 rings (SSSR count). The fraction of sp³-hybridized carbons (Fsp3) is 0.250. The zero-order chi connectivity index (χ0) is 7.82. The molecule has 1 nitrogen and oxygen atoms in total. The van der Waals surface area contributed by atoms with Gasteiger partial charge in [-0.15, -0.1) is 0 Å². The molecule has 10 heavy (non-hydrogen) atoms. The molecule has 0 aliphatic carbocycles. The smallest absolute Gasteiger partial charge is 0.185 e. The van der Waals surface area contributed by atoms with Gasteiger partial charge in [0.15, 0.2) is 9.76 Å². The highest BCUT2D eigenvalue weighted by Crippen LogP contribution is 1.86. The Morgan fingerprint density at radius 1 is 1.70 bits per heavy atom. The average Bonchev–Trinajstić information content (AvgIpc) is 1.87. The van der Waals surface area contributed by atoms with Crippen molar-refractivity contribution in [2.24, 2.45) is 0 Å². The minimum Gasteiger partial charge on any atom is -0.415 e. The molecular weight excluding hydrogens is 140 g/mol. The summed E-state index contributed by atoms with van der Waals surface area (Å²) >= 11 is 0. The molecule has 0 saturated heterocycles. The highest BCUT2D eigenvalue weighted by atomic mass is 28.2. The van der Waals surface area contributed by atoms with Crippen LogP contribution in [0, 0.1) is 0 Å². The predicted molar refractivity (Wildman–Crippen MR) is 48.6 cm³/mol. The summed E-state index contributed by atoms with van der Waals surface area (Å²) in [6.45, 7) is 9.95.